The van der Waals surface area contributed by atoms with Crippen LogP contribution in [0.4, 0.5) is 0 Å². The van der Waals surface area contributed by atoms with Gasteiger partial charge >= 0.3 is 0 Å². The van der Waals surface area contributed by atoms with Gasteiger partial charge in [-0.3, -0.25) is 9.78 Å². The van der Waals surface area contributed by atoms with E-state index in [1.165, 1.54) is 11.8 Å². The highest BCUT2D eigenvalue weighted by molar-refractivity contribution is 7.99. The molecule has 0 aliphatic heterocycles. The summed E-state index contributed by atoms with van der Waals surface area (Å²) in [6, 6.07) is 7.48. The summed E-state index contributed by atoms with van der Waals surface area (Å²) in [6.45, 7) is 0. The molecule has 0 aliphatic carbocycles. The molecule has 74 valence electrons. The van der Waals surface area contributed by atoms with Crippen molar-refractivity contribution < 1.29 is 4.79 Å². The van der Waals surface area contributed by atoms with Crippen LogP contribution in [0.25, 0.3) is 0 Å². The fourth-order valence-corrected chi connectivity index (χ4v) is 1.93. The highest BCUT2D eigenvalue weighted by atomic mass is 32.2. The smallest absolute Gasteiger partial charge is 0.152 e. The molecule has 2 rings (SSSR count). The van der Waals surface area contributed by atoms with E-state index in [1.54, 1.807) is 18.6 Å². The zero-order valence-corrected chi connectivity index (χ0v) is 8.65. The summed E-state index contributed by atoms with van der Waals surface area (Å²) >= 11 is 1.46. The molecule has 4 heteroatoms. The molecule has 0 spiro atoms. The molecule has 2 aromatic heterocycles. The number of hydrogen-bond donors (Lipinski definition) is 0. The van der Waals surface area contributed by atoms with E-state index >= 15 is 0 Å². The molecule has 0 radical (unpaired) electrons. The predicted octanol–water partition coefficient (Wildman–Crippen LogP) is 2.44. The third-order valence-electron chi connectivity index (χ3n) is 1.79. The van der Waals surface area contributed by atoms with Crippen molar-refractivity contribution in [1.29, 1.82) is 0 Å². The monoisotopic (exact) mass is 216 g/mol. The normalized spacial score (nSPS) is 9.87. The second-order valence-corrected chi connectivity index (χ2v) is 3.86. The van der Waals surface area contributed by atoms with Crippen molar-refractivity contribution in [2.24, 2.45) is 0 Å². The van der Waals surface area contributed by atoms with Gasteiger partial charge in [-0.05, 0) is 18.2 Å². The summed E-state index contributed by atoms with van der Waals surface area (Å²) in [5.41, 5.74) is 0.591. The van der Waals surface area contributed by atoms with Gasteiger partial charge in [-0.15, -0.1) is 0 Å². The van der Waals surface area contributed by atoms with E-state index in [-0.39, 0.29) is 0 Å². The van der Waals surface area contributed by atoms with Crippen LogP contribution in [0.15, 0.2) is 52.8 Å². The van der Waals surface area contributed by atoms with Gasteiger partial charge < -0.3 is 0 Å². The van der Waals surface area contributed by atoms with Gasteiger partial charge in [0.2, 0.25) is 0 Å². The first-order chi connectivity index (χ1) is 7.40. The molecule has 0 fully saturated rings. The molecule has 0 bridgehead atoms. The van der Waals surface area contributed by atoms with Gasteiger partial charge in [-0.1, -0.05) is 17.8 Å². The second-order valence-electron chi connectivity index (χ2n) is 2.80. The second kappa shape index (κ2) is 4.70. The van der Waals surface area contributed by atoms with Crippen LogP contribution in [0.5, 0.6) is 0 Å². The number of rotatable bonds is 3. The Labute approximate surface area is 91.6 Å². The summed E-state index contributed by atoms with van der Waals surface area (Å²) in [5, 5.41) is 0.867. The summed E-state index contributed by atoms with van der Waals surface area (Å²) in [4.78, 5) is 19.7. The first-order valence-corrected chi connectivity index (χ1v) is 5.20. The number of nitrogens with zero attached hydrogens (tertiary/aromatic N) is 2. The number of carbonyl (C=O) groups is 1. The van der Waals surface area contributed by atoms with Crippen molar-refractivity contribution in [2.75, 3.05) is 0 Å². The van der Waals surface area contributed by atoms with Crippen molar-refractivity contribution in [2.45, 2.75) is 9.92 Å². The summed E-state index contributed by atoms with van der Waals surface area (Å²) < 4.78 is 0. The summed E-state index contributed by atoms with van der Waals surface area (Å²) in [5.74, 6) is 0. The fourth-order valence-electron chi connectivity index (χ4n) is 1.10. The van der Waals surface area contributed by atoms with Crippen LogP contribution in [0, 0.1) is 0 Å². The largest absolute Gasteiger partial charge is 0.298 e. The Bertz CT molecular complexity index is 459. The Morgan fingerprint density at radius 3 is 2.87 bits per heavy atom. The Balaban J connectivity index is 2.28. The number of aromatic nitrogens is 2. The highest BCUT2D eigenvalue weighted by Crippen LogP contribution is 2.27. The van der Waals surface area contributed by atoms with E-state index in [2.05, 4.69) is 9.97 Å². The minimum absolute atomic E-state index is 0.591. The molecule has 0 N–H and O–H groups in total. The van der Waals surface area contributed by atoms with Gasteiger partial charge in [0, 0.05) is 29.0 Å². The van der Waals surface area contributed by atoms with Crippen molar-refractivity contribution in [1.82, 2.24) is 9.97 Å². The van der Waals surface area contributed by atoms with E-state index in [0.29, 0.717) is 5.56 Å². The molecule has 0 atom stereocenters. The van der Waals surface area contributed by atoms with E-state index in [0.717, 1.165) is 16.2 Å². The summed E-state index contributed by atoms with van der Waals surface area (Å²) in [7, 11) is 0. The third-order valence-corrected chi connectivity index (χ3v) is 2.83. The lowest BCUT2D eigenvalue weighted by Crippen LogP contribution is -1.87. The Kier molecular flexibility index (Phi) is 3.09. The van der Waals surface area contributed by atoms with Crippen LogP contribution in [0.2, 0.25) is 0 Å². The van der Waals surface area contributed by atoms with Gasteiger partial charge in [-0.2, -0.15) is 0 Å². The minimum atomic E-state index is 0.591. The van der Waals surface area contributed by atoms with Crippen LogP contribution in [-0.2, 0) is 0 Å². The molecule has 3 nitrogen and oxygen atoms in total. The van der Waals surface area contributed by atoms with Crippen LogP contribution >= 0.6 is 11.8 Å². The average molecular weight is 216 g/mol. The number of aldehydes is 1. The zero-order valence-electron chi connectivity index (χ0n) is 7.83. The molecule has 15 heavy (non-hydrogen) atoms. The van der Waals surface area contributed by atoms with Gasteiger partial charge in [0.15, 0.2) is 6.29 Å². The topological polar surface area (TPSA) is 42.9 Å². The average Bonchev–Trinajstić information content (AvgIpc) is 2.31. The Morgan fingerprint density at radius 1 is 1.20 bits per heavy atom. The molecule has 0 aromatic carbocycles. The number of pyridine rings is 2. The maximum atomic E-state index is 10.7. The Hall–Kier alpha value is -1.68. The first kappa shape index (κ1) is 9.86. The number of carbonyl (C=O) groups excluding carboxylic acids is 1. The van der Waals surface area contributed by atoms with Gasteiger partial charge in [0.1, 0.15) is 5.03 Å². The SMILES string of the molecule is O=Cc1cnccc1Sc1ccccn1. The molecule has 0 saturated heterocycles. The van der Waals surface area contributed by atoms with E-state index in [4.69, 9.17) is 0 Å². The third kappa shape index (κ3) is 2.41. The molecular formula is C11H8N2OS. The van der Waals surface area contributed by atoms with Crippen molar-refractivity contribution in [3.63, 3.8) is 0 Å². The highest BCUT2D eigenvalue weighted by Gasteiger charge is 2.03. The van der Waals surface area contributed by atoms with E-state index < -0.39 is 0 Å². The quantitative estimate of drug-likeness (QED) is 0.739. The van der Waals surface area contributed by atoms with Crippen molar-refractivity contribution >= 4 is 18.0 Å². The maximum absolute atomic E-state index is 10.7. The first-order valence-electron chi connectivity index (χ1n) is 4.38. The van der Waals surface area contributed by atoms with Crippen LogP contribution in [-0.4, -0.2) is 16.3 Å². The van der Waals surface area contributed by atoms with Gasteiger partial charge in [0.05, 0.1) is 0 Å². The molecule has 2 heterocycles. The summed E-state index contributed by atoms with van der Waals surface area (Å²) in [6.07, 6.45) is 5.75. The van der Waals surface area contributed by atoms with Crippen LogP contribution in [0.1, 0.15) is 10.4 Å². The minimum Gasteiger partial charge on any atom is -0.298 e. The standard InChI is InChI=1S/C11H8N2OS/c14-8-9-7-12-6-4-10(9)15-11-3-1-2-5-13-11/h1-8H. The molecule has 0 unspecified atom stereocenters. The predicted molar refractivity (Wildman–Crippen MR) is 58.0 cm³/mol. The van der Waals surface area contributed by atoms with Gasteiger partial charge in [0.25, 0.3) is 0 Å². The van der Waals surface area contributed by atoms with Gasteiger partial charge in [-0.25, -0.2) is 4.98 Å². The molecule has 2 aromatic rings. The van der Waals surface area contributed by atoms with Crippen LogP contribution in [0.3, 0.4) is 0 Å². The zero-order chi connectivity index (χ0) is 10.5. The molecule has 0 aliphatic rings. The molecule has 0 saturated carbocycles. The Morgan fingerprint density at radius 2 is 2.13 bits per heavy atom. The lowest BCUT2D eigenvalue weighted by molar-refractivity contribution is 0.112. The van der Waals surface area contributed by atoms with E-state index in [1.807, 2.05) is 24.3 Å². The number of hydrogen-bond acceptors (Lipinski definition) is 4. The van der Waals surface area contributed by atoms with Crippen molar-refractivity contribution in [3.05, 3.63) is 48.4 Å². The fraction of sp³-hybridized carbons (Fsp3) is 0. The lowest BCUT2D eigenvalue weighted by atomic mass is 10.3. The maximum Gasteiger partial charge on any atom is 0.152 e. The lowest BCUT2D eigenvalue weighted by Gasteiger charge is -2.01. The van der Waals surface area contributed by atoms with E-state index in [9.17, 15) is 4.79 Å². The van der Waals surface area contributed by atoms with Crippen molar-refractivity contribution in [3.8, 4) is 0 Å². The van der Waals surface area contributed by atoms with Crippen LogP contribution < -0.4 is 0 Å². The molecular weight excluding hydrogens is 208 g/mol. The molecule has 0 amide bonds.